The molecular weight excluding hydrogens is 160 g/mol. The molecule has 0 unspecified atom stereocenters. The largest absolute Gasteiger partial charge is 0.383 e. The molecule has 1 aromatic rings. The van der Waals surface area contributed by atoms with Crippen molar-refractivity contribution in [3.05, 3.63) is 42.6 Å². The summed E-state index contributed by atoms with van der Waals surface area (Å²) < 4.78 is 0. The van der Waals surface area contributed by atoms with E-state index in [1.165, 1.54) is 5.57 Å². The average molecular weight is 176 g/mol. The first-order valence-electron chi connectivity index (χ1n) is 4.05. The van der Waals surface area contributed by atoms with Gasteiger partial charge in [-0.15, -0.1) is 13.2 Å². The Balaban J connectivity index is 0.000000671. The van der Waals surface area contributed by atoms with Crippen LogP contribution in [0.4, 0.5) is 5.82 Å². The molecule has 0 atom stereocenters. The van der Waals surface area contributed by atoms with Gasteiger partial charge in [0.2, 0.25) is 0 Å². The van der Waals surface area contributed by atoms with Crippen molar-refractivity contribution in [3.8, 4) is 0 Å². The fourth-order valence-corrected chi connectivity index (χ4v) is 0.863. The third-order valence-electron chi connectivity index (χ3n) is 1.32. The third-order valence-corrected chi connectivity index (χ3v) is 1.32. The van der Waals surface area contributed by atoms with Crippen molar-refractivity contribution in [3.63, 3.8) is 0 Å². The molecule has 1 aromatic heterocycles. The van der Waals surface area contributed by atoms with E-state index >= 15 is 0 Å². The van der Waals surface area contributed by atoms with E-state index in [1.807, 2.05) is 32.1 Å². The van der Waals surface area contributed by atoms with Crippen LogP contribution in [0.15, 0.2) is 37.1 Å². The zero-order valence-corrected chi connectivity index (χ0v) is 8.25. The van der Waals surface area contributed by atoms with E-state index in [4.69, 9.17) is 5.73 Å². The molecule has 0 bridgehead atoms. The number of nitrogen functional groups attached to an aromatic ring is 1. The molecule has 0 radical (unpaired) electrons. The molecule has 0 saturated carbocycles. The lowest BCUT2D eigenvalue weighted by Crippen LogP contribution is -1.92. The Hall–Kier alpha value is -1.57. The third kappa shape index (κ3) is 4.11. The maximum atomic E-state index is 5.61. The molecule has 13 heavy (non-hydrogen) atoms. The lowest BCUT2D eigenvalue weighted by molar-refractivity contribution is 1.32. The van der Waals surface area contributed by atoms with Crippen LogP contribution in [-0.4, -0.2) is 4.98 Å². The quantitative estimate of drug-likeness (QED) is 0.668. The molecule has 0 saturated heterocycles. The van der Waals surface area contributed by atoms with Crippen molar-refractivity contribution in [1.29, 1.82) is 0 Å². The number of pyridine rings is 1. The highest BCUT2D eigenvalue weighted by Crippen LogP contribution is 2.10. The van der Waals surface area contributed by atoms with Crippen molar-refractivity contribution < 1.29 is 0 Å². The van der Waals surface area contributed by atoms with Crippen LogP contribution >= 0.6 is 0 Å². The minimum atomic E-state index is 0.591. The highest BCUT2D eigenvalue weighted by atomic mass is 14.8. The monoisotopic (exact) mass is 176 g/mol. The van der Waals surface area contributed by atoms with Crippen LogP contribution in [0, 0.1) is 0 Å². The lowest BCUT2D eigenvalue weighted by Gasteiger charge is -1.97. The van der Waals surface area contributed by atoms with Gasteiger partial charge in [0.15, 0.2) is 0 Å². The van der Waals surface area contributed by atoms with Crippen LogP contribution < -0.4 is 5.73 Å². The molecule has 0 spiro atoms. The molecule has 0 aliphatic carbocycles. The summed E-state index contributed by atoms with van der Waals surface area (Å²) in [6.07, 6.45) is 3.71. The summed E-state index contributed by atoms with van der Waals surface area (Å²) in [7, 11) is 0. The van der Waals surface area contributed by atoms with Gasteiger partial charge in [0.05, 0.1) is 0 Å². The van der Waals surface area contributed by atoms with E-state index in [-0.39, 0.29) is 0 Å². The Morgan fingerprint density at radius 3 is 2.54 bits per heavy atom. The summed E-state index contributed by atoms with van der Waals surface area (Å²) in [5.41, 5.74) is 7.83. The second kappa shape index (κ2) is 6.00. The van der Waals surface area contributed by atoms with Gasteiger partial charge in [-0.2, -0.15) is 0 Å². The molecule has 2 heteroatoms. The van der Waals surface area contributed by atoms with Crippen LogP contribution in [0.25, 0.3) is 6.08 Å². The molecule has 1 heterocycles. The number of nitrogens with two attached hydrogens (primary N) is 1. The number of anilines is 1. The molecule has 0 aromatic carbocycles. The summed E-state index contributed by atoms with van der Waals surface area (Å²) >= 11 is 0. The van der Waals surface area contributed by atoms with Gasteiger partial charge >= 0.3 is 0 Å². The first-order valence-corrected chi connectivity index (χ1v) is 4.05. The molecule has 1 rings (SSSR count). The number of aromatic nitrogens is 1. The summed E-state index contributed by atoms with van der Waals surface area (Å²) in [5.74, 6) is 0.591. The van der Waals surface area contributed by atoms with E-state index in [1.54, 1.807) is 6.20 Å². The van der Waals surface area contributed by atoms with Crippen molar-refractivity contribution in [1.82, 2.24) is 4.98 Å². The van der Waals surface area contributed by atoms with Gasteiger partial charge in [0, 0.05) is 11.8 Å². The van der Waals surface area contributed by atoms with Gasteiger partial charge in [-0.3, -0.25) is 0 Å². The predicted molar refractivity (Wildman–Crippen MR) is 59.2 cm³/mol. The van der Waals surface area contributed by atoms with Crippen LogP contribution in [0.3, 0.4) is 0 Å². The minimum Gasteiger partial charge on any atom is -0.383 e. The normalized spacial score (nSPS) is 8.15. The van der Waals surface area contributed by atoms with E-state index in [9.17, 15) is 0 Å². The Labute approximate surface area is 79.8 Å². The van der Waals surface area contributed by atoms with Gasteiger partial charge in [-0.25, -0.2) is 4.98 Å². The maximum Gasteiger partial charge on any atom is 0.130 e. The molecule has 0 fully saturated rings. The van der Waals surface area contributed by atoms with Crippen LogP contribution in [0.2, 0.25) is 0 Å². The zero-order valence-electron chi connectivity index (χ0n) is 8.25. The van der Waals surface area contributed by atoms with Crippen LogP contribution in [-0.2, 0) is 0 Å². The van der Waals surface area contributed by atoms with Crippen molar-refractivity contribution >= 4 is 11.9 Å². The van der Waals surface area contributed by atoms with Gasteiger partial charge in [-0.1, -0.05) is 11.6 Å². The molecule has 0 amide bonds. The number of hydrogen-bond donors (Lipinski definition) is 1. The highest BCUT2D eigenvalue weighted by molar-refractivity contribution is 5.61. The Morgan fingerprint density at radius 1 is 1.46 bits per heavy atom. The highest BCUT2D eigenvalue weighted by Gasteiger charge is 1.92. The summed E-state index contributed by atoms with van der Waals surface area (Å²) in [4.78, 5) is 3.97. The molecule has 0 aliphatic rings. The molecule has 2 nitrogen and oxygen atoms in total. The fourth-order valence-electron chi connectivity index (χ4n) is 0.863. The number of hydrogen-bond acceptors (Lipinski definition) is 2. The summed E-state index contributed by atoms with van der Waals surface area (Å²) in [6.45, 7) is 10.1. The van der Waals surface area contributed by atoms with E-state index < -0.39 is 0 Å². The van der Waals surface area contributed by atoms with Gasteiger partial charge in [0.25, 0.3) is 0 Å². The van der Waals surface area contributed by atoms with Crippen LogP contribution in [0.5, 0.6) is 0 Å². The summed E-state index contributed by atoms with van der Waals surface area (Å²) in [5, 5.41) is 0. The summed E-state index contributed by atoms with van der Waals surface area (Å²) in [6, 6.07) is 3.83. The smallest absolute Gasteiger partial charge is 0.130 e. The Kier molecular flexibility index (Phi) is 5.28. The van der Waals surface area contributed by atoms with Crippen molar-refractivity contribution in [2.75, 3.05) is 5.73 Å². The van der Waals surface area contributed by atoms with Gasteiger partial charge in [-0.05, 0) is 26.0 Å². The second-order valence-corrected chi connectivity index (χ2v) is 2.70. The Morgan fingerprint density at radius 2 is 2.08 bits per heavy atom. The van der Waals surface area contributed by atoms with Crippen LogP contribution in [0.1, 0.15) is 19.4 Å². The zero-order chi connectivity index (χ0) is 10.3. The van der Waals surface area contributed by atoms with Crippen molar-refractivity contribution in [2.24, 2.45) is 0 Å². The molecule has 2 N–H and O–H groups in total. The Bertz CT molecular complexity index is 286. The predicted octanol–water partition coefficient (Wildman–Crippen LogP) is 2.89. The lowest BCUT2D eigenvalue weighted by atomic mass is 10.2. The fraction of sp³-hybridized carbons (Fsp3) is 0.182. The molecule has 70 valence electrons. The minimum absolute atomic E-state index is 0.591. The molecule has 0 aliphatic heterocycles. The standard InChI is InChI=1S/C9H12N2.C2H4/c1-7(2)6-8-4-3-5-11-9(8)10;1-2/h3-6H,1-2H3,(H2,10,11);1-2H2. The maximum absolute atomic E-state index is 5.61. The number of nitrogens with zero attached hydrogens (tertiary/aromatic N) is 1. The van der Waals surface area contributed by atoms with Crippen molar-refractivity contribution in [2.45, 2.75) is 13.8 Å². The van der Waals surface area contributed by atoms with Gasteiger partial charge < -0.3 is 5.73 Å². The number of rotatable bonds is 1. The first-order chi connectivity index (χ1) is 6.20. The first kappa shape index (κ1) is 11.4. The second-order valence-electron chi connectivity index (χ2n) is 2.70. The SMILES string of the molecule is C=C.CC(C)=Cc1cccnc1N. The average Bonchev–Trinajstić information content (AvgIpc) is 2.12. The number of allylic oxidation sites excluding steroid dienone is 1. The molecular formula is C11H16N2. The van der Waals surface area contributed by atoms with E-state index in [0.717, 1.165) is 5.56 Å². The van der Waals surface area contributed by atoms with E-state index in [0.29, 0.717) is 5.82 Å². The van der Waals surface area contributed by atoms with Gasteiger partial charge in [0.1, 0.15) is 5.82 Å². The van der Waals surface area contributed by atoms with E-state index in [2.05, 4.69) is 18.1 Å². The topological polar surface area (TPSA) is 38.9 Å².